The van der Waals surface area contributed by atoms with Crippen LogP contribution < -0.4 is 10.2 Å². The van der Waals surface area contributed by atoms with Gasteiger partial charge in [-0.05, 0) is 29.8 Å². The minimum atomic E-state index is -0.516. The second kappa shape index (κ2) is 8.11. The Kier molecular flexibility index (Phi) is 5.90. The van der Waals surface area contributed by atoms with Crippen LogP contribution >= 0.6 is 0 Å². The van der Waals surface area contributed by atoms with E-state index >= 15 is 0 Å². The first-order chi connectivity index (χ1) is 12.3. The zero-order valence-electron chi connectivity index (χ0n) is 14.7. The lowest BCUT2D eigenvalue weighted by Crippen LogP contribution is -2.23. The first-order valence-corrected chi connectivity index (χ1v) is 7.74. The van der Waals surface area contributed by atoms with Crippen molar-refractivity contribution in [3.05, 3.63) is 69.3 Å². The fraction of sp³-hybridized carbons (Fsp3) is 0.222. The van der Waals surface area contributed by atoms with Crippen molar-refractivity contribution in [3.63, 3.8) is 0 Å². The highest BCUT2D eigenvalue weighted by Crippen LogP contribution is 2.27. The summed E-state index contributed by atoms with van der Waals surface area (Å²) < 4.78 is 4.62. The SMILES string of the molecule is COC(=O)c1ccc(CNC(=O)c2ccc(N(C)C)c([N+](=O)[O-])c2)cc1. The number of esters is 1. The van der Waals surface area contributed by atoms with E-state index in [1.165, 1.54) is 25.3 Å². The summed E-state index contributed by atoms with van der Waals surface area (Å²) in [6.07, 6.45) is 0. The third-order valence-electron chi connectivity index (χ3n) is 3.74. The van der Waals surface area contributed by atoms with Crippen molar-refractivity contribution in [2.24, 2.45) is 0 Å². The minimum Gasteiger partial charge on any atom is -0.465 e. The summed E-state index contributed by atoms with van der Waals surface area (Å²) in [5, 5.41) is 13.9. The molecule has 0 aliphatic carbocycles. The van der Waals surface area contributed by atoms with Crippen LogP contribution in [0, 0.1) is 10.1 Å². The molecule has 0 aliphatic rings. The van der Waals surface area contributed by atoms with Gasteiger partial charge in [-0.1, -0.05) is 12.1 Å². The van der Waals surface area contributed by atoms with E-state index in [2.05, 4.69) is 10.1 Å². The number of hydrogen-bond donors (Lipinski definition) is 1. The van der Waals surface area contributed by atoms with Gasteiger partial charge in [0.25, 0.3) is 11.6 Å². The predicted octanol–water partition coefficient (Wildman–Crippen LogP) is 2.38. The van der Waals surface area contributed by atoms with Gasteiger partial charge in [-0.2, -0.15) is 0 Å². The largest absolute Gasteiger partial charge is 0.465 e. The lowest BCUT2D eigenvalue weighted by atomic mass is 10.1. The van der Waals surface area contributed by atoms with E-state index in [9.17, 15) is 19.7 Å². The Hall–Kier alpha value is -3.42. The number of nitrogens with zero attached hydrogens (tertiary/aromatic N) is 2. The average molecular weight is 357 g/mol. The van der Waals surface area contributed by atoms with Crippen LogP contribution in [0.1, 0.15) is 26.3 Å². The molecule has 0 aliphatic heterocycles. The zero-order chi connectivity index (χ0) is 19.3. The van der Waals surface area contributed by atoms with Crippen LogP contribution in [-0.2, 0) is 11.3 Å². The number of hydrogen-bond acceptors (Lipinski definition) is 6. The van der Waals surface area contributed by atoms with Crippen LogP contribution in [-0.4, -0.2) is 38.0 Å². The van der Waals surface area contributed by atoms with Crippen molar-refractivity contribution in [2.45, 2.75) is 6.54 Å². The van der Waals surface area contributed by atoms with Crippen LogP contribution in [0.3, 0.4) is 0 Å². The monoisotopic (exact) mass is 357 g/mol. The van der Waals surface area contributed by atoms with Gasteiger partial charge in [0, 0.05) is 32.3 Å². The maximum atomic E-state index is 12.3. The van der Waals surface area contributed by atoms with Crippen LogP contribution in [0.15, 0.2) is 42.5 Å². The lowest BCUT2D eigenvalue weighted by Gasteiger charge is -2.13. The number of nitro benzene ring substituents is 1. The highest BCUT2D eigenvalue weighted by atomic mass is 16.6. The number of amides is 1. The molecule has 8 nitrogen and oxygen atoms in total. The molecule has 0 fully saturated rings. The molecule has 0 spiro atoms. The molecule has 2 aromatic rings. The van der Waals surface area contributed by atoms with Crippen LogP contribution in [0.4, 0.5) is 11.4 Å². The molecule has 0 saturated heterocycles. The molecule has 0 radical (unpaired) electrons. The predicted molar refractivity (Wildman–Crippen MR) is 96.4 cm³/mol. The standard InChI is InChI=1S/C18H19N3O5/c1-20(2)15-9-8-14(10-16(15)21(24)25)17(22)19-11-12-4-6-13(7-5-12)18(23)26-3/h4-10H,11H2,1-3H3,(H,19,22). The number of methoxy groups -OCH3 is 1. The number of carbonyl (C=O) groups is 2. The Labute approximate surface area is 150 Å². The second-order valence-electron chi connectivity index (χ2n) is 5.73. The topological polar surface area (TPSA) is 102 Å². The fourth-order valence-electron chi connectivity index (χ4n) is 2.35. The summed E-state index contributed by atoms with van der Waals surface area (Å²) in [4.78, 5) is 36.0. The summed E-state index contributed by atoms with van der Waals surface area (Å²) >= 11 is 0. The van der Waals surface area contributed by atoms with E-state index in [-0.39, 0.29) is 17.8 Å². The fourth-order valence-corrected chi connectivity index (χ4v) is 2.35. The molecule has 26 heavy (non-hydrogen) atoms. The number of nitro groups is 1. The lowest BCUT2D eigenvalue weighted by molar-refractivity contribution is -0.384. The second-order valence-corrected chi connectivity index (χ2v) is 5.73. The van der Waals surface area contributed by atoms with E-state index < -0.39 is 16.8 Å². The van der Waals surface area contributed by atoms with Crippen LogP contribution in [0.25, 0.3) is 0 Å². The first-order valence-electron chi connectivity index (χ1n) is 7.74. The van der Waals surface area contributed by atoms with Crippen LogP contribution in [0.5, 0.6) is 0 Å². The average Bonchev–Trinajstić information content (AvgIpc) is 2.65. The minimum absolute atomic E-state index is 0.134. The molecule has 0 unspecified atom stereocenters. The van der Waals surface area contributed by atoms with E-state index in [4.69, 9.17) is 0 Å². The Morgan fingerprint density at radius 2 is 1.73 bits per heavy atom. The maximum absolute atomic E-state index is 12.3. The smallest absolute Gasteiger partial charge is 0.337 e. The van der Waals surface area contributed by atoms with Gasteiger partial charge >= 0.3 is 5.97 Å². The molecule has 8 heteroatoms. The van der Waals surface area contributed by atoms with Gasteiger partial charge in [0.1, 0.15) is 5.69 Å². The summed E-state index contributed by atoms with van der Waals surface area (Å²) in [6, 6.07) is 10.9. The van der Waals surface area contributed by atoms with Gasteiger partial charge in [0.2, 0.25) is 0 Å². The Morgan fingerprint density at radius 1 is 1.12 bits per heavy atom. The van der Waals surface area contributed by atoms with Crippen LogP contribution in [0.2, 0.25) is 0 Å². The summed E-state index contributed by atoms with van der Waals surface area (Å²) in [5.41, 5.74) is 1.69. The zero-order valence-corrected chi connectivity index (χ0v) is 14.7. The van der Waals surface area contributed by atoms with Gasteiger partial charge in [0.15, 0.2) is 0 Å². The van der Waals surface area contributed by atoms with E-state index in [1.54, 1.807) is 43.3 Å². The van der Waals surface area contributed by atoms with Gasteiger partial charge in [0.05, 0.1) is 17.6 Å². The van der Waals surface area contributed by atoms with Crippen molar-refractivity contribution < 1.29 is 19.2 Å². The molecule has 0 bridgehead atoms. The maximum Gasteiger partial charge on any atom is 0.337 e. The molecule has 0 saturated carbocycles. The number of rotatable bonds is 6. The van der Waals surface area contributed by atoms with Crippen molar-refractivity contribution in [1.82, 2.24) is 5.32 Å². The number of anilines is 1. The number of carbonyl (C=O) groups excluding carboxylic acids is 2. The van der Waals surface area contributed by atoms with E-state index in [0.717, 1.165) is 5.56 Å². The summed E-state index contributed by atoms with van der Waals surface area (Å²) in [5.74, 6) is -0.857. The molecule has 0 aromatic heterocycles. The third kappa shape index (κ3) is 4.35. The molecular formula is C18H19N3O5. The summed E-state index contributed by atoms with van der Waals surface area (Å²) in [6.45, 7) is 0.226. The molecule has 136 valence electrons. The van der Waals surface area contributed by atoms with E-state index in [1.807, 2.05) is 0 Å². The van der Waals surface area contributed by atoms with Gasteiger partial charge in [-0.3, -0.25) is 14.9 Å². The van der Waals surface area contributed by atoms with E-state index in [0.29, 0.717) is 11.3 Å². The number of ether oxygens (including phenoxy) is 1. The molecular weight excluding hydrogens is 338 g/mol. The highest BCUT2D eigenvalue weighted by Gasteiger charge is 2.18. The normalized spacial score (nSPS) is 10.1. The first kappa shape index (κ1) is 18.9. The van der Waals surface area contributed by atoms with Crippen molar-refractivity contribution in [3.8, 4) is 0 Å². The molecule has 0 heterocycles. The molecule has 2 aromatic carbocycles. The number of benzene rings is 2. The van der Waals surface area contributed by atoms with Crippen molar-refractivity contribution in [1.29, 1.82) is 0 Å². The number of nitrogens with one attached hydrogen (secondary N) is 1. The Bertz CT molecular complexity index is 831. The molecule has 2 rings (SSSR count). The molecule has 0 atom stereocenters. The quantitative estimate of drug-likeness (QED) is 0.484. The third-order valence-corrected chi connectivity index (χ3v) is 3.74. The van der Waals surface area contributed by atoms with Crippen molar-refractivity contribution in [2.75, 3.05) is 26.1 Å². The Balaban J connectivity index is 2.09. The highest BCUT2D eigenvalue weighted by molar-refractivity contribution is 5.95. The molecule has 1 amide bonds. The summed E-state index contributed by atoms with van der Waals surface area (Å²) in [7, 11) is 4.69. The molecule has 1 N–H and O–H groups in total. The van der Waals surface area contributed by atoms with Gasteiger partial charge < -0.3 is 15.0 Å². The van der Waals surface area contributed by atoms with Gasteiger partial charge in [-0.15, -0.1) is 0 Å². The van der Waals surface area contributed by atoms with Crippen molar-refractivity contribution >= 4 is 23.3 Å². The van der Waals surface area contributed by atoms with Gasteiger partial charge in [-0.25, -0.2) is 4.79 Å². The Morgan fingerprint density at radius 3 is 2.27 bits per heavy atom.